The van der Waals surface area contributed by atoms with E-state index in [2.05, 4.69) is 0 Å². The SMILES string of the molecule is CC[C@H](O)[C@@H]1C(=O)N2C(C(=O)O)=C(SCCN3CCCC3=O)S[C@H]12. The first kappa shape index (κ1) is 17.6. The Hall–Kier alpha value is -1.19. The minimum Gasteiger partial charge on any atom is -0.477 e. The van der Waals surface area contributed by atoms with E-state index in [4.69, 9.17) is 0 Å². The van der Waals surface area contributed by atoms with Crippen LogP contribution in [0, 0.1) is 5.92 Å². The second-order valence-electron chi connectivity index (χ2n) is 5.99. The highest BCUT2D eigenvalue weighted by molar-refractivity contribution is 8.22. The van der Waals surface area contributed by atoms with Crippen LogP contribution in [0.15, 0.2) is 9.93 Å². The third-order valence-electron chi connectivity index (χ3n) is 4.55. The van der Waals surface area contributed by atoms with Gasteiger partial charge in [0.1, 0.15) is 5.37 Å². The van der Waals surface area contributed by atoms with Gasteiger partial charge < -0.3 is 15.1 Å². The largest absolute Gasteiger partial charge is 0.477 e. The standard InChI is InChI=1S/C15H20N2O5S2/c1-2-8(18)10-12(20)17-11(14(21)22)15(24-13(10)17)23-7-6-16-5-3-4-9(16)19/h8,10,13,18H,2-7H2,1H3,(H,21,22)/t8-,10+,13+/m0/s1. The van der Waals surface area contributed by atoms with Crippen molar-refractivity contribution in [2.24, 2.45) is 5.92 Å². The number of β-lactam (4-membered cyclic amide) rings is 1. The molecule has 2 fully saturated rings. The van der Waals surface area contributed by atoms with E-state index in [9.17, 15) is 24.6 Å². The Morgan fingerprint density at radius 1 is 1.46 bits per heavy atom. The Labute approximate surface area is 148 Å². The Bertz CT molecular complexity index is 609. The fraction of sp³-hybridized carbons (Fsp3) is 0.667. The summed E-state index contributed by atoms with van der Waals surface area (Å²) < 4.78 is 0.596. The molecule has 3 aliphatic heterocycles. The number of amides is 2. The second-order valence-corrected chi connectivity index (χ2v) is 8.48. The summed E-state index contributed by atoms with van der Waals surface area (Å²) in [6.07, 6.45) is 1.18. The van der Waals surface area contributed by atoms with Crippen molar-refractivity contribution < 1.29 is 24.6 Å². The molecule has 3 heterocycles. The van der Waals surface area contributed by atoms with Crippen LogP contribution in [0.1, 0.15) is 26.2 Å². The zero-order chi connectivity index (χ0) is 17.4. The molecule has 7 nitrogen and oxygen atoms in total. The minimum atomic E-state index is -1.12. The highest BCUT2D eigenvalue weighted by atomic mass is 32.2. The molecule has 2 amide bonds. The van der Waals surface area contributed by atoms with Gasteiger partial charge in [-0.15, -0.1) is 11.8 Å². The van der Waals surface area contributed by atoms with Gasteiger partial charge in [0, 0.05) is 25.3 Å². The molecule has 9 heteroatoms. The van der Waals surface area contributed by atoms with Crippen LogP contribution in [0.3, 0.4) is 0 Å². The minimum absolute atomic E-state index is 0.0206. The summed E-state index contributed by atoms with van der Waals surface area (Å²) in [5, 5.41) is 19.1. The van der Waals surface area contributed by atoms with Crippen LogP contribution >= 0.6 is 23.5 Å². The van der Waals surface area contributed by atoms with E-state index in [1.807, 2.05) is 0 Å². The van der Waals surface area contributed by atoms with E-state index in [0.29, 0.717) is 29.4 Å². The lowest BCUT2D eigenvalue weighted by Crippen LogP contribution is -2.61. The molecule has 2 saturated heterocycles. The molecule has 3 rings (SSSR count). The van der Waals surface area contributed by atoms with Crippen molar-refractivity contribution in [1.82, 2.24) is 9.80 Å². The number of carbonyl (C=O) groups is 3. The first-order valence-corrected chi connectivity index (χ1v) is 9.88. The highest BCUT2D eigenvalue weighted by Gasteiger charge is 2.58. The molecule has 132 valence electrons. The maximum atomic E-state index is 12.2. The number of aliphatic hydroxyl groups excluding tert-OH is 1. The van der Waals surface area contributed by atoms with Crippen molar-refractivity contribution >= 4 is 41.3 Å². The van der Waals surface area contributed by atoms with Crippen molar-refractivity contribution in [3.63, 3.8) is 0 Å². The van der Waals surface area contributed by atoms with Crippen LogP contribution in [-0.2, 0) is 14.4 Å². The molecule has 3 atom stereocenters. The van der Waals surface area contributed by atoms with E-state index >= 15 is 0 Å². The number of carboxylic acid groups (broad SMARTS) is 1. The molecule has 0 unspecified atom stereocenters. The molecule has 2 N–H and O–H groups in total. The number of hydrogen-bond donors (Lipinski definition) is 2. The van der Waals surface area contributed by atoms with E-state index in [-0.39, 0.29) is 22.9 Å². The van der Waals surface area contributed by atoms with Crippen LogP contribution in [0.2, 0.25) is 0 Å². The van der Waals surface area contributed by atoms with E-state index in [1.54, 1.807) is 11.8 Å². The number of thioether (sulfide) groups is 2. The molecule has 0 aromatic rings. The number of nitrogens with zero attached hydrogens (tertiary/aromatic N) is 2. The van der Waals surface area contributed by atoms with Crippen molar-refractivity contribution in [3.8, 4) is 0 Å². The zero-order valence-electron chi connectivity index (χ0n) is 13.3. The lowest BCUT2D eigenvalue weighted by molar-refractivity contribution is -0.157. The van der Waals surface area contributed by atoms with E-state index in [1.165, 1.54) is 28.4 Å². The van der Waals surface area contributed by atoms with Gasteiger partial charge in [0.15, 0.2) is 5.70 Å². The van der Waals surface area contributed by atoms with Gasteiger partial charge in [0.2, 0.25) is 11.8 Å². The van der Waals surface area contributed by atoms with Gasteiger partial charge in [-0.2, -0.15) is 0 Å². The summed E-state index contributed by atoms with van der Waals surface area (Å²) in [6, 6.07) is 0. The van der Waals surface area contributed by atoms with Gasteiger partial charge >= 0.3 is 5.97 Å². The molecule has 0 spiro atoms. The fourth-order valence-corrected chi connectivity index (χ4v) is 6.12. The first-order valence-electron chi connectivity index (χ1n) is 8.01. The maximum Gasteiger partial charge on any atom is 0.354 e. The summed E-state index contributed by atoms with van der Waals surface area (Å²) in [5.41, 5.74) is 0.0206. The van der Waals surface area contributed by atoms with Crippen LogP contribution in [0.25, 0.3) is 0 Å². The number of aliphatic carboxylic acids is 1. The fourth-order valence-electron chi connectivity index (χ4n) is 3.20. The third-order valence-corrected chi connectivity index (χ3v) is 7.18. The summed E-state index contributed by atoms with van der Waals surface area (Å²) in [5.74, 6) is -1.23. The van der Waals surface area contributed by atoms with Crippen molar-refractivity contribution in [2.75, 3.05) is 18.8 Å². The predicted molar refractivity (Wildman–Crippen MR) is 90.9 cm³/mol. The second kappa shape index (κ2) is 6.97. The number of carbonyl (C=O) groups excluding carboxylic acids is 2. The lowest BCUT2D eigenvalue weighted by Gasteiger charge is -2.44. The summed E-state index contributed by atoms with van der Waals surface area (Å²) in [6.45, 7) is 3.14. The van der Waals surface area contributed by atoms with Gasteiger partial charge in [0.05, 0.1) is 16.3 Å². The number of carboxylic acids is 1. The lowest BCUT2D eigenvalue weighted by atomic mass is 9.90. The van der Waals surface area contributed by atoms with Gasteiger partial charge in [0.25, 0.3) is 0 Å². The quantitative estimate of drug-likeness (QED) is 0.641. The average Bonchev–Trinajstić information content (AvgIpc) is 3.09. The van der Waals surface area contributed by atoms with Crippen LogP contribution < -0.4 is 0 Å². The summed E-state index contributed by atoms with van der Waals surface area (Å²) in [4.78, 5) is 38.5. The Morgan fingerprint density at radius 3 is 2.79 bits per heavy atom. The number of likely N-dealkylation sites (tertiary alicyclic amines) is 1. The molecule has 24 heavy (non-hydrogen) atoms. The first-order chi connectivity index (χ1) is 11.5. The van der Waals surface area contributed by atoms with E-state index in [0.717, 1.165) is 13.0 Å². The molecule has 0 aliphatic carbocycles. The molecular weight excluding hydrogens is 352 g/mol. The molecule has 0 aromatic heterocycles. The summed E-state index contributed by atoms with van der Waals surface area (Å²) >= 11 is 2.71. The highest BCUT2D eigenvalue weighted by Crippen LogP contribution is 2.53. The van der Waals surface area contributed by atoms with Crippen LogP contribution in [0.4, 0.5) is 0 Å². The summed E-state index contributed by atoms with van der Waals surface area (Å²) in [7, 11) is 0. The number of aliphatic hydroxyl groups is 1. The molecular formula is C15H20N2O5S2. The normalized spacial score (nSPS) is 27.6. The smallest absolute Gasteiger partial charge is 0.354 e. The molecule has 0 aromatic carbocycles. The monoisotopic (exact) mass is 372 g/mol. The number of hydrogen-bond acceptors (Lipinski definition) is 6. The molecule has 0 saturated carbocycles. The van der Waals surface area contributed by atoms with Gasteiger partial charge in [-0.3, -0.25) is 14.5 Å². The van der Waals surface area contributed by atoms with Crippen molar-refractivity contribution in [3.05, 3.63) is 9.93 Å². The predicted octanol–water partition coefficient (Wildman–Crippen LogP) is 0.898. The topological polar surface area (TPSA) is 98.2 Å². The third kappa shape index (κ3) is 2.93. The van der Waals surface area contributed by atoms with Crippen molar-refractivity contribution in [2.45, 2.75) is 37.7 Å². The molecule has 0 radical (unpaired) electrons. The number of rotatable bonds is 7. The van der Waals surface area contributed by atoms with Crippen LogP contribution in [0.5, 0.6) is 0 Å². The Morgan fingerprint density at radius 2 is 2.21 bits per heavy atom. The van der Waals surface area contributed by atoms with Gasteiger partial charge in [-0.25, -0.2) is 4.79 Å². The van der Waals surface area contributed by atoms with Gasteiger partial charge in [-0.1, -0.05) is 18.7 Å². The van der Waals surface area contributed by atoms with E-state index < -0.39 is 18.0 Å². The molecule has 0 bridgehead atoms. The molecule has 3 aliphatic rings. The van der Waals surface area contributed by atoms with Gasteiger partial charge in [-0.05, 0) is 12.8 Å². The Balaban J connectivity index is 1.65. The Kier molecular flexibility index (Phi) is 5.12. The zero-order valence-corrected chi connectivity index (χ0v) is 14.9. The van der Waals surface area contributed by atoms with Crippen LogP contribution in [-0.4, -0.2) is 68.1 Å². The number of fused-ring (bicyclic) bond motifs is 1. The average molecular weight is 372 g/mol. The van der Waals surface area contributed by atoms with Crippen molar-refractivity contribution in [1.29, 1.82) is 0 Å². The maximum absolute atomic E-state index is 12.2.